The lowest BCUT2D eigenvalue weighted by Crippen LogP contribution is -2.37. The number of hydrogen-bond acceptors (Lipinski definition) is 5. The van der Waals surface area contributed by atoms with E-state index in [9.17, 15) is 0 Å². The minimum absolute atomic E-state index is 0.329. The van der Waals surface area contributed by atoms with Crippen molar-refractivity contribution in [1.82, 2.24) is 15.5 Å². The topological polar surface area (TPSA) is 74.7 Å². The molecule has 0 spiro atoms. The fourth-order valence-electron chi connectivity index (χ4n) is 3.04. The normalized spacial score (nSPS) is 20.0. The van der Waals surface area contributed by atoms with E-state index in [0.717, 1.165) is 5.56 Å². The van der Waals surface area contributed by atoms with Crippen LogP contribution in [0, 0.1) is 16.7 Å². The van der Waals surface area contributed by atoms with E-state index in [1.165, 1.54) is 19.3 Å². The van der Waals surface area contributed by atoms with Gasteiger partial charge in [-0.05, 0) is 42.5 Å². The van der Waals surface area contributed by atoms with Crippen LogP contribution in [-0.2, 0) is 6.54 Å². The van der Waals surface area contributed by atoms with E-state index < -0.39 is 0 Å². The minimum atomic E-state index is 0.329. The molecule has 1 N–H and O–H groups in total. The third kappa shape index (κ3) is 3.02. The molecule has 1 heterocycles. The van der Waals surface area contributed by atoms with Gasteiger partial charge in [0.25, 0.3) is 0 Å². The second-order valence-corrected chi connectivity index (χ2v) is 6.50. The van der Waals surface area contributed by atoms with Gasteiger partial charge >= 0.3 is 0 Å². The van der Waals surface area contributed by atoms with Gasteiger partial charge in [0, 0.05) is 11.6 Å². The molecular formula is C17H20N4O. The number of hydrogen-bond donors (Lipinski definition) is 1. The third-order valence-corrected chi connectivity index (χ3v) is 4.48. The molecule has 1 aromatic carbocycles. The molecule has 1 unspecified atom stereocenters. The summed E-state index contributed by atoms with van der Waals surface area (Å²) in [5, 5.41) is 20.5. The Labute approximate surface area is 130 Å². The summed E-state index contributed by atoms with van der Waals surface area (Å²) in [6.07, 6.45) is 3.72. The Morgan fingerprint density at radius 3 is 2.73 bits per heavy atom. The second kappa shape index (κ2) is 5.90. The van der Waals surface area contributed by atoms with Crippen molar-refractivity contribution in [3.05, 3.63) is 35.7 Å². The van der Waals surface area contributed by atoms with Gasteiger partial charge in [-0.2, -0.15) is 5.26 Å². The minimum Gasteiger partial charge on any atom is -0.419 e. The molecule has 1 fully saturated rings. The maximum atomic E-state index is 8.81. The van der Waals surface area contributed by atoms with Crippen LogP contribution in [-0.4, -0.2) is 16.2 Å². The fraction of sp³-hybridized carbons (Fsp3) is 0.471. The standard InChI is InChI=1S/C17H20N4O/c1-17(2)9-3-4-14(17)19-11-15-20-21-16(22-15)13-7-5-12(10-18)6-8-13/h5-8,14,19H,3-4,9,11H2,1-2H3. The van der Waals surface area contributed by atoms with Crippen LogP contribution >= 0.6 is 0 Å². The van der Waals surface area contributed by atoms with Gasteiger partial charge < -0.3 is 9.73 Å². The lowest BCUT2D eigenvalue weighted by Gasteiger charge is -2.27. The number of nitriles is 1. The Hall–Kier alpha value is -2.19. The number of benzene rings is 1. The molecule has 0 aliphatic heterocycles. The van der Waals surface area contributed by atoms with Gasteiger partial charge in [0.15, 0.2) is 0 Å². The zero-order valence-electron chi connectivity index (χ0n) is 13.0. The highest BCUT2D eigenvalue weighted by Crippen LogP contribution is 2.37. The lowest BCUT2D eigenvalue weighted by atomic mass is 9.87. The summed E-state index contributed by atoms with van der Waals surface area (Å²) < 4.78 is 5.70. The van der Waals surface area contributed by atoms with Crippen molar-refractivity contribution >= 4 is 0 Å². The number of nitrogens with one attached hydrogen (secondary N) is 1. The van der Waals surface area contributed by atoms with Crippen LogP contribution in [0.15, 0.2) is 28.7 Å². The molecule has 0 bridgehead atoms. The number of nitrogens with zero attached hydrogens (tertiary/aromatic N) is 3. The number of aromatic nitrogens is 2. The van der Waals surface area contributed by atoms with Crippen molar-refractivity contribution < 1.29 is 4.42 Å². The Kier molecular flexibility index (Phi) is 3.95. The van der Waals surface area contributed by atoms with Gasteiger partial charge in [-0.1, -0.05) is 20.3 Å². The molecule has 1 aliphatic carbocycles. The summed E-state index contributed by atoms with van der Waals surface area (Å²) in [5.41, 5.74) is 1.78. The molecule has 1 aromatic heterocycles. The molecule has 2 aromatic rings. The summed E-state index contributed by atoms with van der Waals surface area (Å²) in [6, 6.07) is 9.73. The first-order valence-electron chi connectivity index (χ1n) is 7.65. The van der Waals surface area contributed by atoms with E-state index in [-0.39, 0.29) is 0 Å². The summed E-state index contributed by atoms with van der Waals surface area (Å²) in [5.74, 6) is 1.09. The maximum Gasteiger partial charge on any atom is 0.247 e. The van der Waals surface area contributed by atoms with E-state index in [0.29, 0.717) is 35.3 Å². The first kappa shape index (κ1) is 14.7. The first-order valence-corrected chi connectivity index (χ1v) is 7.65. The predicted molar refractivity (Wildman–Crippen MR) is 82.7 cm³/mol. The smallest absolute Gasteiger partial charge is 0.247 e. The van der Waals surface area contributed by atoms with Crippen LogP contribution in [0.2, 0.25) is 0 Å². The molecule has 114 valence electrons. The average molecular weight is 296 g/mol. The summed E-state index contributed by atoms with van der Waals surface area (Å²) in [4.78, 5) is 0. The zero-order valence-corrected chi connectivity index (χ0v) is 13.0. The van der Waals surface area contributed by atoms with Crippen LogP contribution in [0.25, 0.3) is 11.5 Å². The van der Waals surface area contributed by atoms with Crippen LogP contribution in [0.3, 0.4) is 0 Å². The Morgan fingerprint density at radius 2 is 2.09 bits per heavy atom. The second-order valence-electron chi connectivity index (χ2n) is 6.50. The predicted octanol–water partition coefficient (Wildman–Crippen LogP) is 3.28. The largest absolute Gasteiger partial charge is 0.419 e. The van der Waals surface area contributed by atoms with E-state index in [1.54, 1.807) is 12.1 Å². The molecule has 1 aliphatic rings. The van der Waals surface area contributed by atoms with Crippen LogP contribution < -0.4 is 5.32 Å². The quantitative estimate of drug-likeness (QED) is 0.937. The van der Waals surface area contributed by atoms with Crippen molar-refractivity contribution in [2.24, 2.45) is 5.41 Å². The van der Waals surface area contributed by atoms with Crippen LogP contribution in [0.5, 0.6) is 0 Å². The lowest BCUT2D eigenvalue weighted by molar-refractivity contribution is 0.275. The SMILES string of the molecule is CC1(C)CCCC1NCc1nnc(-c2ccc(C#N)cc2)o1. The van der Waals surface area contributed by atoms with E-state index in [1.807, 2.05) is 12.1 Å². The van der Waals surface area contributed by atoms with Gasteiger partial charge in [0.1, 0.15) is 0 Å². The van der Waals surface area contributed by atoms with Gasteiger partial charge in [-0.25, -0.2) is 0 Å². The molecule has 0 amide bonds. The van der Waals surface area contributed by atoms with Gasteiger partial charge in [-0.3, -0.25) is 0 Å². The molecule has 22 heavy (non-hydrogen) atoms. The first-order chi connectivity index (χ1) is 10.6. The molecule has 0 saturated heterocycles. The van der Waals surface area contributed by atoms with Crippen molar-refractivity contribution in [2.75, 3.05) is 0 Å². The Bertz CT molecular complexity index is 681. The summed E-state index contributed by atoms with van der Waals surface area (Å²) in [7, 11) is 0. The fourth-order valence-corrected chi connectivity index (χ4v) is 3.04. The highest BCUT2D eigenvalue weighted by molar-refractivity contribution is 5.54. The van der Waals surface area contributed by atoms with Crippen LogP contribution in [0.4, 0.5) is 0 Å². The summed E-state index contributed by atoms with van der Waals surface area (Å²) in [6.45, 7) is 5.19. The molecule has 5 nitrogen and oxygen atoms in total. The molecule has 1 saturated carbocycles. The van der Waals surface area contributed by atoms with Crippen molar-refractivity contribution in [3.63, 3.8) is 0 Å². The molecule has 1 atom stereocenters. The van der Waals surface area contributed by atoms with Gasteiger partial charge in [0.05, 0.1) is 18.2 Å². The Morgan fingerprint density at radius 1 is 1.32 bits per heavy atom. The van der Waals surface area contributed by atoms with E-state index in [2.05, 4.69) is 35.4 Å². The van der Waals surface area contributed by atoms with E-state index >= 15 is 0 Å². The number of rotatable bonds is 4. The molecule has 3 rings (SSSR count). The van der Waals surface area contributed by atoms with Crippen molar-refractivity contribution in [2.45, 2.75) is 45.7 Å². The van der Waals surface area contributed by atoms with E-state index in [4.69, 9.17) is 9.68 Å². The van der Waals surface area contributed by atoms with Gasteiger partial charge in [-0.15, -0.1) is 10.2 Å². The van der Waals surface area contributed by atoms with Crippen molar-refractivity contribution in [1.29, 1.82) is 5.26 Å². The van der Waals surface area contributed by atoms with Gasteiger partial charge in [0.2, 0.25) is 11.8 Å². The highest BCUT2D eigenvalue weighted by Gasteiger charge is 2.34. The Balaban J connectivity index is 1.65. The molecular weight excluding hydrogens is 276 g/mol. The zero-order chi connectivity index (χ0) is 15.6. The maximum absolute atomic E-state index is 8.81. The third-order valence-electron chi connectivity index (χ3n) is 4.48. The van der Waals surface area contributed by atoms with Crippen molar-refractivity contribution in [3.8, 4) is 17.5 Å². The van der Waals surface area contributed by atoms with Crippen LogP contribution in [0.1, 0.15) is 44.6 Å². The monoisotopic (exact) mass is 296 g/mol. The molecule has 0 radical (unpaired) electrons. The summed E-state index contributed by atoms with van der Waals surface area (Å²) >= 11 is 0. The highest BCUT2D eigenvalue weighted by atomic mass is 16.4. The molecule has 5 heteroatoms. The average Bonchev–Trinajstić information content (AvgIpc) is 3.11.